The molecule has 0 amide bonds. The number of hydrogen-bond acceptors (Lipinski definition) is 3. The molecule has 3 aromatic rings. The summed E-state index contributed by atoms with van der Waals surface area (Å²) in [7, 11) is 0. The van der Waals surface area contributed by atoms with Gasteiger partial charge in [0, 0.05) is 12.3 Å². The molecule has 0 saturated carbocycles. The zero-order chi connectivity index (χ0) is 13.4. The van der Waals surface area contributed by atoms with Crippen molar-refractivity contribution in [3.05, 3.63) is 46.3 Å². The van der Waals surface area contributed by atoms with Crippen molar-refractivity contribution in [2.24, 2.45) is 0 Å². The summed E-state index contributed by atoms with van der Waals surface area (Å²) < 4.78 is 13.8. The van der Waals surface area contributed by atoms with Crippen molar-refractivity contribution in [3.8, 4) is 17.6 Å². The molecule has 0 fully saturated rings. The summed E-state index contributed by atoms with van der Waals surface area (Å²) >= 11 is 3.12. The maximum Gasteiger partial charge on any atom is 0.157 e. The van der Waals surface area contributed by atoms with E-state index in [2.05, 4.69) is 30.9 Å². The second-order valence-corrected chi connectivity index (χ2v) is 4.77. The van der Waals surface area contributed by atoms with Crippen molar-refractivity contribution in [2.45, 2.75) is 0 Å². The Bertz CT molecular complexity index is 763. The molecule has 92 valence electrons. The van der Waals surface area contributed by atoms with E-state index >= 15 is 0 Å². The maximum absolute atomic E-state index is 13.4. The molecule has 4 nitrogen and oxygen atoms in total. The lowest BCUT2D eigenvalue weighted by atomic mass is 10.2. The number of halogens is 2. The molecule has 3 rings (SSSR count). The van der Waals surface area contributed by atoms with Crippen LogP contribution < -0.4 is 0 Å². The Morgan fingerprint density at radius 1 is 1.32 bits per heavy atom. The normalized spacial score (nSPS) is 10.6. The van der Waals surface area contributed by atoms with Crippen LogP contribution in [0.5, 0.6) is 0 Å². The Morgan fingerprint density at radius 2 is 2.16 bits per heavy atom. The first-order valence-corrected chi connectivity index (χ1v) is 6.18. The molecule has 0 spiro atoms. The van der Waals surface area contributed by atoms with Gasteiger partial charge in [-0.05, 0) is 34.1 Å². The van der Waals surface area contributed by atoms with E-state index in [1.165, 1.54) is 12.3 Å². The maximum atomic E-state index is 13.4. The zero-order valence-corrected chi connectivity index (χ0v) is 11.1. The van der Waals surface area contributed by atoms with Crippen LogP contribution in [0, 0.1) is 17.1 Å². The summed E-state index contributed by atoms with van der Waals surface area (Å²) in [6.45, 7) is 0. The van der Waals surface area contributed by atoms with Crippen molar-refractivity contribution in [1.82, 2.24) is 15.0 Å². The molecular formula is C13H6BrFN4. The van der Waals surface area contributed by atoms with E-state index < -0.39 is 0 Å². The van der Waals surface area contributed by atoms with E-state index in [0.29, 0.717) is 32.6 Å². The Morgan fingerprint density at radius 3 is 2.84 bits per heavy atom. The van der Waals surface area contributed by atoms with Crippen LogP contribution in [0.2, 0.25) is 0 Å². The van der Waals surface area contributed by atoms with E-state index in [1.807, 2.05) is 6.07 Å². The topological polar surface area (TPSA) is 65.4 Å². The first-order valence-electron chi connectivity index (χ1n) is 5.38. The monoisotopic (exact) mass is 316 g/mol. The number of nitrogens with zero attached hydrogens (tertiary/aromatic N) is 3. The highest BCUT2D eigenvalue weighted by Gasteiger charge is 2.09. The molecule has 0 aliphatic carbocycles. The van der Waals surface area contributed by atoms with Gasteiger partial charge in [0.05, 0.1) is 21.1 Å². The second kappa shape index (κ2) is 4.44. The van der Waals surface area contributed by atoms with Gasteiger partial charge in [-0.1, -0.05) is 0 Å². The highest BCUT2D eigenvalue weighted by Crippen LogP contribution is 2.24. The SMILES string of the molecule is N#Cc1ccc(-c2nc3cc(Br)c(F)cc3[nH]2)nc1. The van der Waals surface area contributed by atoms with Gasteiger partial charge in [0.2, 0.25) is 0 Å². The van der Waals surface area contributed by atoms with Crippen molar-refractivity contribution in [2.75, 3.05) is 0 Å². The number of fused-ring (bicyclic) bond motifs is 1. The molecule has 0 saturated heterocycles. The minimum absolute atomic E-state index is 0.351. The third-order valence-corrected chi connectivity index (χ3v) is 3.27. The number of aromatic nitrogens is 3. The van der Waals surface area contributed by atoms with Gasteiger partial charge in [-0.15, -0.1) is 0 Å². The predicted octanol–water partition coefficient (Wildman–Crippen LogP) is 3.40. The van der Waals surface area contributed by atoms with Gasteiger partial charge in [-0.2, -0.15) is 5.26 Å². The van der Waals surface area contributed by atoms with Crippen LogP contribution in [0.4, 0.5) is 4.39 Å². The van der Waals surface area contributed by atoms with Crippen LogP contribution in [0.15, 0.2) is 34.9 Å². The quantitative estimate of drug-likeness (QED) is 0.748. The Balaban J connectivity index is 2.12. The van der Waals surface area contributed by atoms with Crippen molar-refractivity contribution in [3.63, 3.8) is 0 Å². The van der Waals surface area contributed by atoms with Gasteiger partial charge in [0.25, 0.3) is 0 Å². The van der Waals surface area contributed by atoms with Gasteiger partial charge in [-0.3, -0.25) is 4.98 Å². The Hall–Kier alpha value is -2.26. The fraction of sp³-hybridized carbons (Fsp3) is 0. The molecule has 0 aliphatic rings. The molecule has 19 heavy (non-hydrogen) atoms. The Kier molecular flexibility index (Phi) is 2.76. The van der Waals surface area contributed by atoms with E-state index in [4.69, 9.17) is 5.26 Å². The van der Waals surface area contributed by atoms with Gasteiger partial charge in [-0.25, -0.2) is 9.37 Å². The van der Waals surface area contributed by atoms with Gasteiger partial charge >= 0.3 is 0 Å². The molecule has 0 atom stereocenters. The van der Waals surface area contributed by atoms with Crippen LogP contribution in [0.25, 0.3) is 22.6 Å². The number of aromatic amines is 1. The van der Waals surface area contributed by atoms with Crippen LogP contribution in [0.3, 0.4) is 0 Å². The van der Waals surface area contributed by atoms with Crippen LogP contribution in [-0.2, 0) is 0 Å². The van der Waals surface area contributed by atoms with E-state index in [1.54, 1.807) is 18.2 Å². The average molecular weight is 317 g/mol. The Labute approximate surface area is 116 Å². The van der Waals surface area contributed by atoms with E-state index in [9.17, 15) is 4.39 Å². The third-order valence-electron chi connectivity index (χ3n) is 2.66. The molecule has 2 heterocycles. The molecule has 0 radical (unpaired) electrons. The van der Waals surface area contributed by atoms with Crippen molar-refractivity contribution >= 4 is 27.0 Å². The van der Waals surface area contributed by atoms with Crippen LogP contribution in [-0.4, -0.2) is 15.0 Å². The third kappa shape index (κ3) is 2.09. The number of imidazole rings is 1. The number of nitrogens with one attached hydrogen (secondary N) is 1. The van der Waals surface area contributed by atoms with Crippen LogP contribution >= 0.6 is 15.9 Å². The number of hydrogen-bond donors (Lipinski definition) is 1. The summed E-state index contributed by atoms with van der Waals surface area (Å²) in [4.78, 5) is 11.5. The summed E-state index contributed by atoms with van der Waals surface area (Å²) in [5.74, 6) is 0.187. The first kappa shape index (κ1) is 11.8. The standard InChI is InChI=1S/C13H6BrFN4/c14-8-3-11-12(4-9(8)15)19-13(18-11)10-2-1-7(5-16)6-17-10/h1-4,6H,(H,18,19). The highest BCUT2D eigenvalue weighted by molar-refractivity contribution is 9.10. The summed E-state index contributed by atoms with van der Waals surface area (Å²) in [5.41, 5.74) is 2.33. The largest absolute Gasteiger partial charge is 0.337 e. The predicted molar refractivity (Wildman–Crippen MR) is 71.7 cm³/mol. The number of pyridine rings is 1. The highest BCUT2D eigenvalue weighted by atomic mass is 79.9. The molecule has 0 unspecified atom stereocenters. The number of rotatable bonds is 1. The van der Waals surface area contributed by atoms with Gasteiger partial charge in [0.1, 0.15) is 17.6 Å². The van der Waals surface area contributed by atoms with Crippen molar-refractivity contribution < 1.29 is 4.39 Å². The lowest BCUT2D eigenvalue weighted by Crippen LogP contribution is -1.86. The molecule has 1 N–H and O–H groups in total. The summed E-state index contributed by atoms with van der Waals surface area (Å²) in [6.07, 6.45) is 1.47. The zero-order valence-electron chi connectivity index (χ0n) is 9.48. The van der Waals surface area contributed by atoms with E-state index in [-0.39, 0.29) is 5.82 Å². The molecule has 6 heteroatoms. The van der Waals surface area contributed by atoms with Crippen LogP contribution in [0.1, 0.15) is 5.56 Å². The second-order valence-electron chi connectivity index (χ2n) is 3.91. The smallest absolute Gasteiger partial charge is 0.157 e. The number of H-pyrrole nitrogens is 1. The fourth-order valence-electron chi connectivity index (χ4n) is 1.73. The van der Waals surface area contributed by atoms with Gasteiger partial charge in [0.15, 0.2) is 5.82 Å². The fourth-order valence-corrected chi connectivity index (χ4v) is 2.06. The molecule has 2 aromatic heterocycles. The molecule has 1 aromatic carbocycles. The number of nitriles is 1. The van der Waals surface area contributed by atoms with Crippen molar-refractivity contribution in [1.29, 1.82) is 5.26 Å². The minimum Gasteiger partial charge on any atom is -0.337 e. The lowest BCUT2D eigenvalue weighted by Gasteiger charge is -1.94. The minimum atomic E-state index is -0.351. The molecule has 0 aliphatic heterocycles. The average Bonchev–Trinajstić information content (AvgIpc) is 2.82. The summed E-state index contributed by atoms with van der Waals surface area (Å²) in [5, 5.41) is 8.71. The van der Waals surface area contributed by atoms with E-state index in [0.717, 1.165) is 0 Å². The first-order chi connectivity index (χ1) is 9.17. The molecule has 0 bridgehead atoms. The summed E-state index contributed by atoms with van der Waals surface area (Å²) in [6, 6.07) is 8.33. The molecular weight excluding hydrogens is 311 g/mol. The number of benzene rings is 1. The lowest BCUT2D eigenvalue weighted by molar-refractivity contribution is 0.623. The van der Waals surface area contributed by atoms with Gasteiger partial charge < -0.3 is 4.98 Å².